The van der Waals surface area contributed by atoms with Gasteiger partial charge in [-0.3, -0.25) is 4.79 Å². The number of nitrogens with zero attached hydrogens (tertiary/aromatic N) is 1. The summed E-state index contributed by atoms with van der Waals surface area (Å²) in [6.07, 6.45) is 1.05. The smallest absolute Gasteiger partial charge is 0.254 e. The van der Waals surface area contributed by atoms with Gasteiger partial charge in [-0.25, -0.2) is 0 Å². The largest absolute Gasteiger partial charge is 0.383 e. The summed E-state index contributed by atoms with van der Waals surface area (Å²) < 4.78 is 5.88. The van der Waals surface area contributed by atoms with Crippen molar-refractivity contribution < 1.29 is 9.53 Å². The van der Waals surface area contributed by atoms with Gasteiger partial charge < -0.3 is 9.64 Å². The second-order valence-electron chi connectivity index (χ2n) is 4.64. The Bertz CT molecular complexity index is 480. The van der Waals surface area contributed by atoms with Gasteiger partial charge in [0.1, 0.15) is 0 Å². The Morgan fingerprint density at radius 3 is 3.00 bits per heavy atom. The van der Waals surface area contributed by atoms with Crippen LogP contribution in [0.25, 0.3) is 0 Å². The van der Waals surface area contributed by atoms with E-state index in [1.807, 2.05) is 16.7 Å². The Labute approximate surface area is 137 Å². The van der Waals surface area contributed by atoms with Crippen LogP contribution in [-0.2, 0) is 4.74 Å². The predicted molar refractivity (Wildman–Crippen MR) is 87.8 cm³/mol. The molecule has 0 bridgehead atoms. The lowest BCUT2D eigenvalue weighted by atomic mass is 10.1. The van der Waals surface area contributed by atoms with Gasteiger partial charge in [-0.05, 0) is 46.3 Å². The second-order valence-corrected chi connectivity index (χ2v) is 7.05. The third-order valence-electron chi connectivity index (χ3n) is 3.31. The molecule has 1 aliphatic heterocycles. The molecule has 1 aromatic rings. The number of carbonyl (C=O) groups excluding carboxylic acids is 1. The van der Waals surface area contributed by atoms with Crippen molar-refractivity contribution >= 4 is 45.2 Å². The highest BCUT2D eigenvalue weighted by Crippen LogP contribution is 2.27. The van der Waals surface area contributed by atoms with Crippen molar-refractivity contribution in [3.05, 3.63) is 33.3 Å². The van der Waals surface area contributed by atoms with E-state index in [2.05, 4.69) is 15.9 Å². The normalized spacial score (nSPS) is 18.2. The molecular formula is C14H17BrClNO2S. The minimum absolute atomic E-state index is 0.0481. The summed E-state index contributed by atoms with van der Waals surface area (Å²) in [4.78, 5) is 14.6. The number of thioether (sulfide) groups is 1. The highest BCUT2D eigenvalue weighted by molar-refractivity contribution is 9.10. The minimum Gasteiger partial charge on any atom is -0.383 e. The number of rotatable bonds is 5. The first-order chi connectivity index (χ1) is 9.63. The van der Waals surface area contributed by atoms with Crippen molar-refractivity contribution in [2.24, 2.45) is 0 Å². The van der Waals surface area contributed by atoms with Crippen LogP contribution in [0.3, 0.4) is 0 Å². The predicted octanol–water partition coefficient (Wildman–Crippen LogP) is 3.70. The van der Waals surface area contributed by atoms with Crippen molar-refractivity contribution in [1.82, 2.24) is 4.90 Å². The van der Waals surface area contributed by atoms with E-state index in [0.29, 0.717) is 29.8 Å². The summed E-state index contributed by atoms with van der Waals surface area (Å²) in [7, 11) is 1.66. The topological polar surface area (TPSA) is 29.5 Å². The lowest BCUT2D eigenvalue weighted by molar-refractivity contribution is 0.0624. The maximum absolute atomic E-state index is 12.7. The zero-order valence-corrected chi connectivity index (χ0v) is 14.4. The summed E-state index contributed by atoms with van der Waals surface area (Å²) in [5.74, 6) is 2.17. The van der Waals surface area contributed by atoms with Crippen LogP contribution in [0, 0.1) is 0 Å². The molecule has 1 amide bonds. The molecule has 0 saturated carbocycles. The third-order valence-corrected chi connectivity index (χ3v) is 5.67. The Hall–Kier alpha value is -0.230. The van der Waals surface area contributed by atoms with E-state index in [4.69, 9.17) is 16.3 Å². The molecule has 1 aliphatic rings. The molecule has 1 fully saturated rings. The van der Waals surface area contributed by atoms with E-state index in [1.54, 1.807) is 25.3 Å². The van der Waals surface area contributed by atoms with Gasteiger partial charge in [0.2, 0.25) is 0 Å². The molecule has 1 saturated heterocycles. The molecule has 0 radical (unpaired) electrons. The average Bonchev–Trinajstić information content (AvgIpc) is 2.96. The monoisotopic (exact) mass is 377 g/mol. The third kappa shape index (κ3) is 3.91. The Kier molecular flexibility index (Phi) is 6.20. The minimum atomic E-state index is 0.0481. The van der Waals surface area contributed by atoms with Crippen LogP contribution in [0.2, 0.25) is 5.02 Å². The van der Waals surface area contributed by atoms with Crippen LogP contribution in [0.15, 0.2) is 22.7 Å². The SMILES string of the molecule is COCCN(C(=O)c1ccc(Cl)c(Br)c1)C1CCSC1. The van der Waals surface area contributed by atoms with Crippen molar-refractivity contribution in [2.75, 3.05) is 31.8 Å². The average molecular weight is 379 g/mol. The maximum atomic E-state index is 12.7. The van der Waals surface area contributed by atoms with Gasteiger partial charge in [0.15, 0.2) is 0 Å². The number of methoxy groups -OCH3 is 1. The molecule has 1 heterocycles. The zero-order chi connectivity index (χ0) is 14.5. The molecule has 0 spiro atoms. The van der Waals surface area contributed by atoms with Gasteiger partial charge in [0.05, 0.1) is 11.6 Å². The van der Waals surface area contributed by atoms with Gasteiger partial charge in [-0.15, -0.1) is 0 Å². The molecule has 1 unspecified atom stereocenters. The standard InChI is InChI=1S/C14H17BrClNO2S/c1-19-6-5-17(11-4-7-20-9-11)14(18)10-2-3-13(16)12(15)8-10/h2-3,8,11H,4-7,9H2,1H3. The van der Waals surface area contributed by atoms with E-state index < -0.39 is 0 Å². The molecule has 6 heteroatoms. The Balaban J connectivity index is 2.17. The number of halogens is 2. The number of ether oxygens (including phenoxy) is 1. The molecule has 110 valence electrons. The molecule has 3 nitrogen and oxygen atoms in total. The molecular weight excluding hydrogens is 362 g/mol. The van der Waals surface area contributed by atoms with E-state index in [-0.39, 0.29) is 5.91 Å². The molecule has 0 aromatic heterocycles. The lowest BCUT2D eigenvalue weighted by Crippen LogP contribution is -2.42. The van der Waals surface area contributed by atoms with E-state index in [1.165, 1.54) is 0 Å². The first-order valence-electron chi connectivity index (χ1n) is 6.46. The van der Waals surface area contributed by atoms with Crippen molar-refractivity contribution in [3.63, 3.8) is 0 Å². The first-order valence-corrected chi connectivity index (χ1v) is 8.78. The zero-order valence-electron chi connectivity index (χ0n) is 11.3. The van der Waals surface area contributed by atoms with E-state index in [0.717, 1.165) is 22.4 Å². The van der Waals surface area contributed by atoms with Crippen molar-refractivity contribution in [1.29, 1.82) is 0 Å². The Morgan fingerprint density at radius 1 is 1.60 bits per heavy atom. The van der Waals surface area contributed by atoms with Crippen molar-refractivity contribution in [2.45, 2.75) is 12.5 Å². The van der Waals surface area contributed by atoms with E-state index in [9.17, 15) is 4.79 Å². The maximum Gasteiger partial charge on any atom is 0.254 e. The number of amides is 1. The Morgan fingerprint density at radius 2 is 2.40 bits per heavy atom. The number of carbonyl (C=O) groups is 1. The van der Waals surface area contributed by atoms with Gasteiger partial charge in [0, 0.05) is 35.5 Å². The van der Waals surface area contributed by atoms with Gasteiger partial charge in [-0.2, -0.15) is 11.8 Å². The number of hydrogen-bond acceptors (Lipinski definition) is 3. The summed E-state index contributed by atoms with van der Waals surface area (Å²) in [6.45, 7) is 1.18. The fourth-order valence-corrected chi connectivity index (χ4v) is 3.92. The first kappa shape index (κ1) is 16.1. The van der Waals surface area contributed by atoms with Crippen LogP contribution in [0.5, 0.6) is 0 Å². The molecule has 20 heavy (non-hydrogen) atoms. The van der Waals surface area contributed by atoms with Gasteiger partial charge >= 0.3 is 0 Å². The second kappa shape index (κ2) is 7.69. The fourth-order valence-electron chi connectivity index (χ4n) is 2.20. The summed E-state index contributed by atoms with van der Waals surface area (Å²) >= 11 is 11.2. The molecule has 1 atom stereocenters. The van der Waals surface area contributed by atoms with E-state index >= 15 is 0 Å². The molecule has 2 rings (SSSR count). The quantitative estimate of drug-likeness (QED) is 0.782. The summed E-state index contributed by atoms with van der Waals surface area (Å²) in [6, 6.07) is 5.61. The molecule has 1 aromatic carbocycles. The number of hydrogen-bond donors (Lipinski definition) is 0. The molecule has 0 aliphatic carbocycles. The van der Waals surface area contributed by atoms with Gasteiger partial charge in [-0.1, -0.05) is 11.6 Å². The lowest BCUT2D eigenvalue weighted by Gasteiger charge is -2.28. The van der Waals surface area contributed by atoms with Crippen LogP contribution in [0.1, 0.15) is 16.8 Å². The summed E-state index contributed by atoms with van der Waals surface area (Å²) in [5.41, 5.74) is 0.661. The van der Waals surface area contributed by atoms with Crippen LogP contribution >= 0.6 is 39.3 Å². The van der Waals surface area contributed by atoms with Crippen LogP contribution < -0.4 is 0 Å². The van der Waals surface area contributed by atoms with Crippen LogP contribution in [-0.4, -0.2) is 48.6 Å². The summed E-state index contributed by atoms with van der Waals surface area (Å²) in [5, 5.41) is 0.612. The fraction of sp³-hybridized carbons (Fsp3) is 0.500. The van der Waals surface area contributed by atoms with Crippen molar-refractivity contribution in [3.8, 4) is 0 Å². The number of benzene rings is 1. The van der Waals surface area contributed by atoms with Gasteiger partial charge in [0.25, 0.3) is 5.91 Å². The highest BCUT2D eigenvalue weighted by Gasteiger charge is 2.27. The highest BCUT2D eigenvalue weighted by atomic mass is 79.9. The van der Waals surface area contributed by atoms with Crippen LogP contribution in [0.4, 0.5) is 0 Å². The molecule has 0 N–H and O–H groups in total.